The van der Waals surface area contributed by atoms with Crippen molar-refractivity contribution in [3.63, 3.8) is 0 Å². The number of nitrogens with one attached hydrogen (secondary N) is 5. The summed E-state index contributed by atoms with van der Waals surface area (Å²) < 4.78 is 1.87. The first kappa shape index (κ1) is 34.2. The molecule has 0 aliphatic heterocycles. The van der Waals surface area contributed by atoms with E-state index in [4.69, 9.17) is 28.5 Å². The molecule has 0 saturated carbocycles. The Balaban J connectivity index is 0.000000287. The van der Waals surface area contributed by atoms with Gasteiger partial charge < -0.3 is 27.4 Å². The minimum Gasteiger partial charge on any atom is -0.329 e. The lowest BCUT2D eigenvalue weighted by Crippen LogP contribution is -2.27. The van der Waals surface area contributed by atoms with Gasteiger partial charge in [0.15, 0.2) is 0 Å². The quantitative estimate of drug-likeness (QED) is 0.0707. The van der Waals surface area contributed by atoms with E-state index in [1.165, 1.54) is 16.7 Å². The summed E-state index contributed by atoms with van der Waals surface area (Å²) in [6.07, 6.45) is 2.45. The second kappa shape index (κ2) is 19.9. The van der Waals surface area contributed by atoms with Crippen molar-refractivity contribution in [1.29, 1.82) is 0 Å². The van der Waals surface area contributed by atoms with Crippen LogP contribution in [0.3, 0.4) is 0 Å². The highest BCUT2D eigenvalue weighted by Gasteiger charge is 2.14. The summed E-state index contributed by atoms with van der Waals surface area (Å²) in [4.78, 5) is 17.6. The Hall–Kier alpha value is -3.04. The highest BCUT2D eigenvalue weighted by atomic mass is 32.1. The summed E-state index contributed by atoms with van der Waals surface area (Å²) in [5, 5.41) is 19.2. The van der Waals surface area contributed by atoms with E-state index in [0.717, 1.165) is 38.2 Å². The molecular formula is C28H46N10O2S. The zero-order valence-electron chi connectivity index (χ0n) is 24.4. The standard InChI is InChI=1S/C16H29N3O.C12H17N7OS/c1-4-9-19-20-16(7-10-18-11-8-17)15-6-5-13(2)12-14(15)3;13-5-7-14-6-4-11(20)15-9-2-1-3-10(8-9)19-12(21)16-17-18-19/h5-6,12,16,18-19H,4,7-11,17H2,1-3H3;1-3,8,14H,4-7,13H2,(H,15,20)(H,16,18,21). The van der Waals surface area contributed by atoms with Gasteiger partial charge in [0.1, 0.15) is 6.10 Å². The molecule has 41 heavy (non-hydrogen) atoms. The molecule has 1 atom stereocenters. The molecule has 2 aromatic carbocycles. The highest BCUT2D eigenvalue weighted by molar-refractivity contribution is 7.71. The third-order valence-corrected chi connectivity index (χ3v) is 6.23. The van der Waals surface area contributed by atoms with Gasteiger partial charge in [0.05, 0.1) is 5.69 Å². The second-order valence-corrected chi connectivity index (χ2v) is 9.86. The molecule has 1 unspecified atom stereocenters. The summed E-state index contributed by atoms with van der Waals surface area (Å²) in [5.74, 6) is -0.0667. The maximum atomic E-state index is 11.8. The van der Waals surface area contributed by atoms with E-state index in [9.17, 15) is 4.79 Å². The van der Waals surface area contributed by atoms with Gasteiger partial charge in [0.25, 0.3) is 0 Å². The predicted octanol–water partition coefficient (Wildman–Crippen LogP) is 2.42. The Morgan fingerprint density at radius 3 is 2.46 bits per heavy atom. The number of H-pyrrole nitrogens is 1. The zero-order chi connectivity index (χ0) is 29.9. The summed E-state index contributed by atoms with van der Waals surface area (Å²) in [6.45, 7) is 11.5. The van der Waals surface area contributed by atoms with Crippen molar-refractivity contribution in [2.75, 3.05) is 51.1 Å². The smallest absolute Gasteiger partial charge is 0.242 e. The number of aromatic nitrogens is 4. The lowest BCUT2D eigenvalue weighted by molar-refractivity contribution is -0.116. The number of hydrogen-bond donors (Lipinski definition) is 7. The minimum atomic E-state index is -0.0667. The van der Waals surface area contributed by atoms with Crippen molar-refractivity contribution < 1.29 is 9.63 Å². The molecule has 226 valence electrons. The monoisotopic (exact) mass is 586 g/mol. The molecule has 0 saturated heterocycles. The molecule has 1 amide bonds. The number of carbonyl (C=O) groups excluding carboxylic acids is 1. The van der Waals surface area contributed by atoms with Crippen LogP contribution >= 0.6 is 12.2 Å². The van der Waals surface area contributed by atoms with Gasteiger partial charge in [-0.3, -0.25) is 9.63 Å². The summed E-state index contributed by atoms with van der Waals surface area (Å²) in [6, 6.07) is 13.8. The molecule has 3 rings (SSSR count). The lowest BCUT2D eigenvalue weighted by Gasteiger charge is -2.20. The molecule has 3 aromatic rings. The number of nitrogens with zero attached hydrogens (tertiary/aromatic N) is 3. The summed E-state index contributed by atoms with van der Waals surface area (Å²) in [7, 11) is 0. The van der Waals surface area contributed by atoms with Crippen LogP contribution in [0.2, 0.25) is 0 Å². The molecule has 0 aliphatic rings. The van der Waals surface area contributed by atoms with Crippen molar-refractivity contribution in [2.24, 2.45) is 11.5 Å². The molecule has 0 spiro atoms. The number of aryl methyl sites for hydroxylation is 2. The third kappa shape index (κ3) is 13.0. The van der Waals surface area contributed by atoms with E-state index in [0.29, 0.717) is 43.1 Å². The van der Waals surface area contributed by atoms with Crippen LogP contribution < -0.4 is 32.9 Å². The van der Waals surface area contributed by atoms with E-state index in [1.807, 2.05) is 18.2 Å². The van der Waals surface area contributed by atoms with Gasteiger partial charge in [-0.15, -0.1) is 0 Å². The van der Waals surface area contributed by atoms with E-state index in [-0.39, 0.29) is 12.0 Å². The third-order valence-electron chi connectivity index (χ3n) is 5.96. The fourth-order valence-electron chi connectivity index (χ4n) is 3.93. The molecule has 0 bridgehead atoms. The van der Waals surface area contributed by atoms with Crippen molar-refractivity contribution >= 4 is 23.8 Å². The van der Waals surface area contributed by atoms with Crippen molar-refractivity contribution in [2.45, 2.75) is 46.1 Å². The van der Waals surface area contributed by atoms with Gasteiger partial charge in [-0.1, -0.05) is 47.1 Å². The number of amides is 1. The number of benzene rings is 2. The molecule has 1 heterocycles. The number of hydroxylamine groups is 1. The Kier molecular flexibility index (Phi) is 16.6. The van der Waals surface area contributed by atoms with E-state index >= 15 is 0 Å². The van der Waals surface area contributed by atoms with Gasteiger partial charge in [-0.25, -0.2) is 10.2 Å². The highest BCUT2D eigenvalue weighted by Crippen LogP contribution is 2.24. The lowest BCUT2D eigenvalue weighted by atomic mass is 9.99. The van der Waals surface area contributed by atoms with Crippen molar-refractivity contribution in [1.82, 2.24) is 36.3 Å². The molecule has 9 N–H and O–H groups in total. The Bertz CT molecular complexity index is 1220. The van der Waals surface area contributed by atoms with Gasteiger partial charge in [-0.2, -0.15) is 5.21 Å². The van der Waals surface area contributed by atoms with Gasteiger partial charge in [0, 0.05) is 51.4 Å². The first-order valence-corrected chi connectivity index (χ1v) is 14.5. The largest absolute Gasteiger partial charge is 0.329 e. The Labute approximate surface area is 247 Å². The molecular weight excluding hydrogens is 540 g/mol. The Morgan fingerprint density at radius 2 is 1.80 bits per heavy atom. The van der Waals surface area contributed by atoms with Crippen LogP contribution in [0.1, 0.15) is 49.0 Å². The number of nitrogens with two attached hydrogens (primary N) is 2. The molecule has 1 aromatic heterocycles. The molecule has 0 aliphatic carbocycles. The summed E-state index contributed by atoms with van der Waals surface area (Å²) in [5.41, 5.74) is 19.2. The topological polar surface area (TPSA) is 173 Å². The first-order valence-electron chi connectivity index (χ1n) is 14.1. The van der Waals surface area contributed by atoms with Crippen LogP contribution in [-0.2, 0) is 9.63 Å². The van der Waals surface area contributed by atoms with Crippen LogP contribution in [0, 0.1) is 18.6 Å². The maximum absolute atomic E-state index is 11.8. The van der Waals surface area contributed by atoms with E-state index in [2.05, 4.69) is 75.9 Å². The average Bonchev–Trinajstić information content (AvgIpc) is 3.39. The van der Waals surface area contributed by atoms with Gasteiger partial charge in [0.2, 0.25) is 10.7 Å². The second-order valence-electron chi connectivity index (χ2n) is 9.49. The van der Waals surface area contributed by atoms with Crippen molar-refractivity contribution in [3.05, 3.63) is 63.9 Å². The number of aromatic amines is 1. The SMILES string of the molecule is CCCNOC(CCNCCN)c1ccc(C)cc1C.NCCNCCC(=O)Nc1cccc(-n2[nH]nnc2=S)c1. The number of anilines is 1. The van der Waals surface area contributed by atoms with Gasteiger partial charge >= 0.3 is 0 Å². The Morgan fingerprint density at radius 1 is 1.05 bits per heavy atom. The van der Waals surface area contributed by atoms with Crippen molar-refractivity contribution in [3.8, 4) is 5.69 Å². The number of tetrazole rings is 1. The zero-order valence-corrected chi connectivity index (χ0v) is 25.2. The van der Waals surface area contributed by atoms with Crippen LogP contribution in [-0.4, -0.2) is 71.9 Å². The fraction of sp³-hybridized carbons (Fsp3) is 0.500. The molecule has 0 fully saturated rings. The number of hydrogen-bond acceptors (Lipinski definition) is 10. The number of carbonyl (C=O) groups is 1. The number of rotatable bonds is 17. The predicted molar refractivity (Wildman–Crippen MR) is 166 cm³/mol. The normalized spacial score (nSPS) is 11.5. The van der Waals surface area contributed by atoms with Crippen LogP contribution in [0.4, 0.5) is 5.69 Å². The maximum Gasteiger partial charge on any atom is 0.242 e. The molecule has 12 nitrogen and oxygen atoms in total. The first-order chi connectivity index (χ1) is 19.9. The fourth-order valence-corrected chi connectivity index (χ4v) is 4.11. The summed E-state index contributed by atoms with van der Waals surface area (Å²) >= 11 is 5.03. The minimum absolute atomic E-state index is 0.0667. The van der Waals surface area contributed by atoms with Crippen LogP contribution in [0.25, 0.3) is 5.69 Å². The van der Waals surface area contributed by atoms with E-state index in [1.54, 1.807) is 10.7 Å². The average molecular weight is 587 g/mol. The van der Waals surface area contributed by atoms with E-state index < -0.39 is 0 Å². The van der Waals surface area contributed by atoms with Gasteiger partial charge in [-0.05, 0) is 74.8 Å². The van der Waals surface area contributed by atoms with Crippen LogP contribution in [0.5, 0.6) is 0 Å². The van der Waals surface area contributed by atoms with Crippen LogP contribution in [0.15, 0.2) is 42.5 Å². The molecule has 0 radical (unpaired) electrons. The molecule has 13 heteroatoms.